The minimum absolute atomic E-state index is 0.0560. The smallest absolute Gasteiger partial charge is 0.259 e. The van der Waals surface area contributed by atoms with Crippen LogP contribution in [0.25, 0.3) is 0 Å². The third-order valence-corrected chi connectivity index (χ3v) is 5.45. The molecule has 1 N–H and O–H groups in total. The molecule has 0 saturated carbocycles. The van der Waals surface area contributed by atoms with E-state index in [1.807, 2.05) is 6.07 Å². The van der Waals surface area contributed by atoms with Crippen LogP contribution in [0.5, 0.6) is 0 Å². The molecule has 0 atom stereocenters. The number of nitrogens with zero attached hydrogens (tertiary/aromatic N) is 4. The molecule has 31 heavy (non-hydrogen) atoms. The largest absolute Gasteiger partial charge is 0.323 e. The first-order chi connectivity index (χ1) is 14.5. The Balaban J connectivity index is 1.99. The van der Waals surface area contributed by atoms with Crippen LogP contribution in [-0.4, -0.2) is 27.4 Å². The number of aryl methyl sites for hydroxylation is 1. The van der Waals surface area contributed by atoms with Gasteiger partial charge in [0.05, 0.1) is 17.6 Å². The van der Waals surface area contributed by atoms with Crippen molar-refractivity contribution in [3.8, 4) is 6.07 Å². The van der Waals surface area contributed by atoms with Crippen LogP contribution in [0.2, 0.25) is 0 Å². The Morgan fingerprint density at radius 2 is 1.97 bits per heavy atom. The molecule has 0 spiro atoms. The first-order valence-electron chi connectivity index (χ1n) is 9.65. The zero-order chi connectivity index (χ0) is 23.1. The maximum atomic E-state index is 14.7. The molecule has 1 fully saturated rings. The Bertz CT molecular complexity index is 1140. The standard InChI is InChI=1S/C22H22FN5O2S/c1-12(2)19(29)26-17-7-6-14(9-16(17)23)28-21(31)27(20(30)22(28,4)5)15-8-13(3)18(10-24)25-11-15/h6-9,11-12H,1-5H3,(H,26,29). The van der Waals surface area contributed by atoms with E-state index in [1.165, 1.54) is 23.2 Å². The van der Waals surface area contributed by atoms with Gasteiger partial charge in [-0.3, -0.25) is 14.5 Å². The molecule has 2 amide bonds. The number of pyridine rings is 1. The Morgan fingerprint density at radius 3 is 2.52 bits per heavy atom. The fourth-order valence-electron chi connectivity index (χ4n) is 3.28. The van der Waals surface area contributed by atoms with Crippen molar-refractivity contribution in [2.75, 3.05) is 15.1 Å². The molecular formula is C22H22FN5O2S. The van der Waals surface area contributed by atoms with Crippen molar-refractivity contribution in [3.05, 3.63) is 47.5 Å². The lowest BCUT2D eigenvalue weighted by atomic mass is 10.0. The molecule has 0 aliphatic carbocycles. The van der Waals surface area contributed by atoms with E-state index in [-0.39, 0.29) is 34.2 Å². The van der Waals surface area contributed by atoms with Gasteiger partial charge in [-0.15, -0.1) is 0 Å². The minimum Gasteiger partial charge on any atom is -0.323 e. The van der Waals surface area contributed by atoms with Gasteiger partial charge in [0.1, 0.15) is 23.1 Å². The fourth-order valence-corrected chi connectivity index (χ4v) is 3.80. The highest BCUT2D eigenvalue weighted by Gasteiger charge is 2.50. The summed E-state index contributed by atoms with van der Waals surface area (Å²) in [5, 5.41) is 11.8. The van der Waals surface area contributed by atoms with Gasteiger partial charge >= 0.3 is 0 Å². The van der Waals surface area contributed by atoms with E-state index in [0.29, 0.717) is 16.9 Å². The number of amides is 2. The number of nitrogens with one attached hydrogen (secondary N) is 1. The van der Waals surface area contributed by atoms with Crippen LogP contribution in [0.15, 0.2) is 30.5 Å². The molecule has 7 nitrogen and oxygen atoms in total. The molecule has 0 radical (unpaired) electrons. The summed E-state index contributed by atoms with van der Waals surface area (Å²) in [5.74, 6) is -1.53. The molecule has 2 aromatic rings. The molecule has 0 unspecified atom stereocenters. The number of thiocarbonyl (C=S) groups is 1. The second kappa shape index (κ2) is 8.04. The molecule has 1 aromatic heterocycles. The summed E-state index contributed by atoms with van der Waals surface area (Å²) in [6.45, 7) is 8.54. The highest BCUT2D eigenvalue weighted by atomic mass is 32.1. The molecule has 1 aromatic carbocycles. The molecule has 1 aliphatic heterocycles. The Kier molecular flexibility index (Phi) is 5.79. The quantitative estimate of drug-likeness (QED) is 0.727. The molecule has 9 heteroatoms. The number of benzene rings is 1. The number of carbonyl (C=O) groups is 2. The molecule has 2 heterocycles. The van der Waals surface area contributed by atoms with E-state index in [2.05, 4.69) is 10.3 Å². The van der Waals surface area contributed by atoms with E-state index < -0.39 is 11.4 Å². The summed E-state index contributed by atoms with van der Waals surface area (Å²) >= 11 is 5.58. The van der Waals surface area contributed by atoms with Crippen LogP contribution in [0, 0.1) is 30.0 Å². The molecular weight excluding hydrogens is 417 g/mol. The average Bonchev–Trinajstić information content (AvgIpc) is 2.87. The predicted octanol–water partition coefficient (Wildman–Crippen LogP) is 3.91. The maximum absolute atomic E-state index is 14.7. The normalized spacial score (nSPS) is 15.4. The lowest BCUT2D eigenvalue weighted by Crippen LogP contribution is -2.44. The number of aromatic nitrogens is 1. The van der Waals surface area contributed by atoms with Gasteiger partial charge in [0, 0.05) is 11.6 Å². The molecule has 3 rings (SSSR count). The van der Waals surface area contributed by atoms with Gasteiger partial charge in [-0.25, -0.2) is 9.37 Å². The second-order valence-corrected chi connectivity index (χ2v) is 8.46. The van der Waals surface area contributed by atoms with Crippen molar-refractivity contribution >= 4 is 46.2 Å². The lowest BCUT2D eigenvalue weighted by Gasteiger charge is -2.29. The van der Waals surface area contributed by atoms with E-state index in [4.69, 9.17) is 17.5 Å². The summed E-state index contributed by atoms with van der Waals surface area (Å²) in [5.41, 5.74) is 0.656. The van der Waals surface area contributed by atoms with Gasteiger partial charge in [0.15, 0.2) is 5.11 Å². The van der Waals surface area contributed by atoms with Crippen LogP contribution in [0.4, 0.5) is 21.5 Å². The zero-order valence-electron chi connectivity index (χ0n) is 17.9. The molecule has 0 bridgehead atoms. The summed E-state index contributed by atoms with van der Waals surface area (Å²) in [7, 11) is 0. The van der Waals surface area contributed by atoms with Crippen molar-refractivity contribution in [3.63, 3.8) is 0 Å². The van der Waals surface area contributed by atoms with Crippen LogP contribution >= 0.6 is 12.2 Å². The van der Waals surface area contributed by atoms with Crippen LogP contribution in [0.1, 0.15) is 39.0 Å². The van der Waals surface area contributed by atoms with Crippen molar-refractivity contribution in [2.45, 2.75) is 40.2 Å². The van der Waals surface area contributed by atoms with E-state index >= 15 is 0 Å². The third-order valence-electron chi connectivity index (χ3n) is 5.09. The maximum Gasteiger partial charge on any atom is 0.259 e. The molecule has 160 valence electrons. The van der Waals surface area contributed by atoms with E-state index in [1.54, 1.807) is 51.7 Å². The third kappa shape index (κ3) is 3.86. The summed E-state index contributed by atoms with van der Waals surface area (Å²) in [6, 6.07) is 7.95. The van der Waals surface area contributed by atoms with Crippen molar-refractivity contribution in [1.29, 1.82) is 5.26 Å². The highest BCUT2D eigenvalue weighted by molar-refractivity contribution is 7.81. The van der Waals surface area contributed by atoms with Crippen molar-refractivity contribution in [1.82, 2.24) is 4.98 Å². The first-order valence-corrected chi connectivity index (χ1v) is 10.1. The first kappa shape index (κ1) is 22.3. The number of hydrogen-bond donors (Lipinski definition) is 1. The van der Waals surface area contributed by atoms with Gasteiger partial charge in [-0.05, 0) is 62.8 Å². The van der Waals surface area contributed by atoms with Gasteiger partial charge < -0.3 is 10.2 Å². The summed E-state index contributed by atoms with van der Waals surface area (Å²) in [4.78, 5) is 32.1. The molecule has 1 aliphatic rings. The molecule has 1 saturated heterocycles. The second-order valence-electron chi connectivity index (χ2n) is 8.10. The van der Waals surface area contributed by atoms with Crippen molar-refractivity contribution in [2.24, 2.45) is 5.92 Å². The lowest BCUT2D eigenvalue weighted by molar-refractivity contribution is -0.120. The fraction of sp³-hybridized carbons (Fsp3) is 0.318. The monoisotopic (exact) mass is 439 g/mol. The number of rotatable bonds is 4. The topological polar surface area (TPSA) is 89.3 Å². The minimum atomic E-state index is -1.09. The summed E-state index contributed by atoms with van der Waals surface area (Å²) < 4.78 is 14.7. The SMILES string of the molecule is Cc1cc(N2C(=O)C(C)(C)N(c3ccc(NC(=O)C(C)C)c(F)c3)C2=S)cnc1C#N. The van der Waals surface area contributed by atoms with Gasteiger partial charge in [0.2, 0.25) is 5.91 Å². The number of halogens is 1. The Labute approximate surface area is 185 Å². The summed E-state index contributed by atoms with van der Waals surface area (Å²) in [6.07, 6.45) is 1.42. The Hall–Kier alpha value is -3.38. The van der Waals surface area contributed by atoms with Gasteiger partial charge in [-0.1, -0.05) is 13.8 Å². The van der Waals surface area contributed by atoms with E-state index in [0.717, 1.165) is 0 Å². The van der Waals surface area contributed by atoms with Crippen LogP contribution < -0.4 is 15.1 Å². The van der Waals surface area contributed by atoms with Gasteiger partial charge in [0.25, 0.3) is 5.91 Å². The van der Waals surface area contributed by atoms with Crippen molar-refractivity contribution < 1.29 is 14.0 Å². The number of carbonyl (C=O) groups excluding carboxylic acids is 2. The number of nitriles is 1. The van der Waals surface area contributed by atoms with Crippen LogP contribution in [-0.2, 0) is 9.59 Å². The Morgan fingerprint density at radius 1 is 1.29 bits per heavy atom. The van der Waals surface area contributed by atoms with E-state index in [9.17, 15) is 14.0 Å². The average molecular weight is 440 g/mol. The van der Waals surface area contributed by atoms with Crippen LogP contribution in [0.3, 0.4) is 0 Å². The van der Waals surface area contributed by atoms with Gasteiger partial charge in [-0.2, -0.15) is 5.26 Å². The highest BCUT2D eigenvalue weighted by Crippen LogP contribution is 2.37. The zero-order valence-corrected chi connectivity index (χ0v) is 18.7. The number of anilines is 3. The number of hydrogen-bond acceptors (Lipinski definition) is 5. The predicted molar refractivity (Wildman–Crippen MR) is 120 cm³/mol.